The molecule has 0 aliphatic rings. The zero-order chi connectivity index (χ0) is 15.6. The predicted octanol–water partition coefficient (Wildman–Crippen LogP) is 2.84. The van der Waals surface area contributed by atoms with Crippen LogP contribution in [-0.2, 0) is 12.7 Å². The fourth-order valence-corrected chi connectivity index (χ4v) is 1.67. The van der Waals surface area contributed by atoms with Gasteiger partial charge in [0.25, 0.3) is 0 Å². The summed E-state index contributed by atoms with van der Waals surface area (Å²) in [5.41, 5.74) is -1.11. The SMILES string of the molecule is CCn1cc(OC(=O)c2ccc(C(F)(F)F)nc2C)cn1. The van der Waals surface area contributed by atoms with Gasteiger partial charge in [-0.25, -0.2) is 9.78 Å². The van der Waals surface area contributed by atoms with Crippen LogP contribution in [0.25, 0.3) is 0 Å². The Labute approximate surface area is 118 Å². The van der Waals surface area contributed by atoms with E-state index in [0.717, 1.165) is 12.1 Å². The molecule has 0 saturated heterocycles. The van der Waals surface area contributed by atoms with Crippen LogP contribution in [0.15, 0.2) is 24.5 Å². The van der Waals surface area contributed by atoms with E-state index in [-0.39, 0.29) is 17.0 Å². The molecule has 0 amide bonds. The van der Waals surface area contributed by atoms with E-state index >= 15 is 0 Å². The van der Waals surface area contributed by atoms with E-state index in [0.29, 0.717) is 6.54 Å². The van der Waals surface area contributed by atoms with Crippen molar-refractivity contribution < 1.29 is 22.7 Å². The van der Waals surface area contributed by atoms with Gasteiger partial charge in [0.15, 0.2) is 5.75 Å². The van der Waals surface area contributed by atoms with Gasteiger partial charge in [0, 0.05) is 6.54 Å². The number of hydrogen-bond donors (Lipinski definition) is 0. The molecule has 0 N–H and O–H groups in total. The van der Waals surface area contributed by atoms with Gasteiger partial charge in [-0.05, 0) is 26.0 Å². The molecule has 0 saturated carbocycles. The quantitative estimate of drug-likeness (QED) is 0.818. The molecule has 0 radical (unpaired) electrons. The number of carbonyl (C=O) groups excluding carboxylic acids is 1. The number of esters is 1. The van der Waals surface area contributed by atoms with Gasteiger partial charge in [-0.1, -0.05) is 0 Å². The van der Waals surface area contributed by atoms with Crippen molar-refractivity contribution in [1.29, 1.82) is 0 Å². The number of rotatable bonds is 3. The summed E-state index contributed by atoms with van der Waals surface area (Å²) < 4.78 is 44.1. The maximum absolute atomic E-state index is 12.5. The molecule has 0 bridgehead atoms. The van der Waals surface area contributed by atoms with Crippen LogP contribution >= 0.6 is 0 Å². The van der Waals surface area contributed by atoms with Crippen LogP contribution in [0.4, 0.5) is 13.2 Å². The predicted molar refractivity (Wildman–Crippen MR) is 66.8 cm³/mol. The summed E-state index contributed by atoms with van der Waals surface area (Å²) in [5.74, 6) is -0.550. The number of aryl methyl sites for hydroxylation is 2. The highest BCUT2D eigenvalue weighted by atomic mass is 19.4. The van der Waals surface area contributed by atoms with Crippen molar-refractivity contribution in [3.05, 3.63) is 41.5 Å². The number of ether oxygens (including phenoxy) is 1. The number of hydrogen-bond acceptors (Lipinski definition) is 4. The van der Waals surface area contributed by atoms with Gasteiger partial charge in [-0.15, -0.1) is 0 Å². The first-order valence-corrected chi connectivity index (χ1v) is 6.10. The second-order valence-electron chi connectivity index (χ2n) is 4.25. The van der Waals surface area contributed by atoms with E-state index in [1.807, 2.05) is 6.92 Å². The molecule has 5 nitrogen and oxygen atoms in total. The van der Waals surface area contributed by atoms with Crippen molar-refractivity contribution in [2.45, 2.75) is 26.6 Å². The summed E-state index contributed by atoms with van der Waals surface area (Å²) in [6, 6.07) is 1.80. The van der Waals surface area contributed by atoms with E-state index in [1.165, 1.54) is 19.3 Å². The molecular weight excluding hydrogens is 287 g/mol. The Morgan fingerprint density at radius 3 is 2.62 bits per heavy atom. The van der Waals surface area contributed by atoms with Crippen molar-refractivity contribution in [3.63, 3.8) is 0 Å². The highest BCUT2D eigenvalue weighted by molar-refractivity contribution is 5.92. The Morgan fingerprint density at radius 1 is 1.38 bits per heavy atom. The van der Waals surface area contributed by atoms with Crippen molar-refractivity contribution in [2.75, 3.05) is 0 Å². The fraction of sp³-hybridized carbons (Fsp3) is 0.308. The molecule has 2 aromatic rings. The summed E-state index contributed by atoms with van der Waals surface area (Å²) in [7, 11) is 0. The number of alkyl halides is 3. The van der Waals surface area contributed by atoms with E-state index < -0.39 is 17.8 Å². The molecule has 0 atom stereocenters. The van der Waals surface area contributed by atoms with Crippen molar-refractivity contribution >= 4 is 5.97 Å². The normalized spacial score (nSPS) is 11.5. The molecule has 0 aliphatic carbocycles. The summed E-state index contributed by atoms with van der Waals surface area (Å²) in [6.45, 7) is 3.79. The lowest BCUT2D eigenvalue weighted by Gasteiger charge is -2.09. The first-order chi connectivity index (χ1) is 9.81. The minimum Gasteiger partial charge on any atom is -0.420 e. The van der Waals surface area contributed by atoms with Crippen LogP contribution in [0.3, 0.4) is 0 Å². The lowest BCUT2D eigenvalue weighted by atomic mass is 10.2. The van der Waals surface area contributed by atoms with Crippen LogP contribution in [0.2, 0.25) is 0 Å². The van der Waals surface area contributed by atoms with Crippen LogP contribution in [0, 0.1) is 6.92 Å². The minimum atomic E-state index is -4.55. The first-order valence-electron chi connectivity index (χ1n) is 6.10. The molecule has 2 aromatic heterocycles. The Morgan fingerprint density at radius 2 is 2.10 bits per heavy atom. The zero-order valence-corrected chi connectivity index (χ0v) is 11.3. The van der Waals surface area contributed by atoms with Crippen LogP contribution in [0.5, 0.6) is 5.75 Å². The van der Waals surface area contributed by atoms with Gasteiger partial charge in [-0.3, -0.25) is 4.68 Å². The largest absolute Gasteiger partial charge is 0.433 e. The van der Waals surface area contributed by atoms with Gasteiger partial charge < -0.3 is 4.74 Å². The lowest BCUT2D eigenvalue weighted by molar-refractivity contribution is -0.141. The van der Waals surface area contributed by atoms with Crippen LogP contribution in [-0.4, -0.2) is 20.7 Å². The Kier molecular flexibility index (Phi) is 3.97. The van der Waals surface area contributed by atoms with E-state index in [1.54, 1.807) is 4.68 Å². The highest BCUT2D eigenvalue weighted by Crippen LogP contribution is 2.28. The van der Waals surface area contributed by atoms with Crippen LogP contribution in [0.1, 0.15) is 28.7 Å². The van der Waals surface area contributed by atoms with E-state index in [4.69, 9.17) is 4.74 Å². The third-order valence-electron chi connectivity index (χ3n) is 2.74. The number of halogens is 3. The molecule has 8 heteroatoms. The molecule has 0 aromatic carbocycles. The number of nitrogens with zero attached hydrogens (tertiary/aromatic N) is 3. The third kappa shape index (κ3) is 3.39. The first kappa shape index (κ1) is 15.0. The van der Waals surface area contributed by atoms with Crippen molar-refractivity contribution in [1.82, 2.24) is 14.8 Å². The molecule has 2 rings (SSSR count). The molecule has 0 spiro atoms. The summed E-state index contributed by atoms with van der Waals surface area (Å²) in [6.07, 6.45) is -1.67. The van der Waals surface area contributed by atoms with Crippen molar-refractivity contribution in [3.8, 4) is 5.75 Å². The van der Waals surface area contributed by atoms with Gasteiger partial charge in [-0.2, -0.15) is 18.3 Å². The zero-order valence-electron chi connectivity index (χ0n) is 11.3. The topological polar surface area (TPSA) is 57.0 Å². The summed E-state index contributed by atoms with van der Waals surface area (Å²) in [5, 5.41) is 3.93. The molecule has 0 aliphatic heterocycles. The van der Waals surface area contributed by atoms with Gasteiger partial charge >= 0.3 is 12.1 Å². The number of aromatic nitrogens is 3. The fourth-order valence-electron chi connectivity index (χ4n) is 1.67. The second kappa shape index (κ2) is 5.55. The molecule has 2 heterocycles. The van der Waals surface area contributed by atoms with Gasteiger partial charge in [0.1, 0.15) is 5.69 Å². The molecule has 112 valence electrons. The van der Waals surface area contributed by atoms with Crippen LogP contribution < -0.4 is 4.74 Å². The average molecular weight is 299 g/mol. The smallest absolute Gasteiger partial charge is 0.420 e. The summed E-state index contributed by atoms with van der Waals surface area (Å²) >= 11 is 0. The molecule has 21 heavy (non-hydrogen) atoms. The Hall–Kier alpha value is -2.38. The Bertz CT molecular complexity index is 665. The van der Waals surface area contributed by atoms with Crippen molar-refractivity contribution in [2.24, 2.45) is 0 Å². The highest BCUT2D eigenvalue weighted by Gasteiger charge is 2.33. The maximum Gasteiger partial charge on any atom is 0.433 e. The van der Waals surface area contributed by atoms with Gasteiger partial charge in [0.2, 0.25) is 0 Å². The maximum atomic E-state index is 12.5. The monoisotopic (exact) mass is 299 g/mol. The van der Waals surface area contributed by atoms with E-state index in [9.17, 15) is 18.0 Å². The standard InChI is InChI=1S/C13H12F3N3O2/c1-3-19-7-9(6-17-19)21-12(20)10-4-5-11(13(14,15)16)18-8(10)2/h4-7H,3H2,1-2H3. The van der Waals surface area contributed by atoms with Gasteiger partial charge in [0.05, 0.1) is 23.7 Å². The summed E-state index contributed by atoms with van der Waals surface area (Å²) in [4.78, 5) is 15.3. The van der Waals surface area contributed by atoms with E-state index in [2.05, 4.69) is 10.1 Å². The number of carbonyl (C=O) groups is 1. The average Bonchev–Trinajstić information content (AvgIpc) is 2.85. The molecular formula is C13H12F3N3O2. The second-order valence-corrected chi connectivity index (χ2v) is 4.25. The number of pyridine rings is 1. The molecule has 0 unspecified atom stereocenters. The Balaban J connectivity index is 2.19. The minimum absolute atomic E-state index is 0.0211. The lowest BCUT2D eigenvalue weighted by Crippen LogP contribution is -2.14. The third-order valence-corrected chi connectivity index (χ3v) is 2.74. The molecule has 0 fully saturated rings.